The maximum Gasteiger partial charge on any atom is 0.254 e. The van der Waals surface area contributed by atoms with Gasteiger partial charge in [0, 0.05) is 24.3 Å². The van der Waals surface area contributed by atoms with Gasteiger partial charge in [-0.1, -0.05) is 11.6 Å². The molecule has 1 aromatic heterocycles. The molecule has 0 atom stereocenters. The molecular weight excluding hydrogens is 252 g/mol. The number of carbonyl (C=O) groups excluding carboxylic acids is 1. The Morgan fingerprint density at radius 1 is 1.33 bits per heavy atom. The number of aromatic nitrogens is 1. The highest BCUT2D eigenvalue weighted by atomic mass is 35.5. The lowest BCUT2D eigenvalue weighted by Gasteiger charge is -2.27. The summed E-state index contributed by atoms with van der Waals surface area (Å²) in [5, 5.41) is 0.423. The van der Waals surface area contributed by atoms with Gasteiger partial charge < -0.3 is 9.64 Å². The fourth-order valence-electron chi connectivity index (χ4n) is 2.64. The highest BCUT2D eigenvalue weighted by Gasteiger charge is 2.25. The number of carbonyl (C=O) groups is 1. The first-order valence-electron chi connectivity index (χ1n) is 6.31. The van der Waals surface area contributed by atoms with E-state index in [-0.39, 0.29) is 5.91 Å². The van der Waals surface area contributed by atoms with E-state index >= 15 is 0 Å². The molecule has 2 heterocycles. The van der Waals surface area contributed by atoms with Crippen LogP contribution in [0.1, 0.15) is 28.0 Å². The molecule has 1 saturated heterocycles. The van der Waals surface area contributed by atoms with Crippen molar-refractivity contribution < 1.29 is 9.53 Å². The van der Waals surface area contributed by atoms with Gasteiger partial charge in [0.1, 0.15) is 5.15 Å². The van der Waals surface area contributed by atoms with Crippen LogP contribution in [0.4, 0.5) is 0 Å². The van der Waals surface area contributed by atoms with Crippen LogP contribution in [0, 0.1) is 0 Å². The van der Waals surface area contributed by atoms with Crippen LogP contribution in [-0.4, -0.2) is 42.1 Å². The van der Waals surface area contributed by atoms with Crippen molar-refractivity contribution in [1.29, 1.82) is 0 Å². The van der Waals surface area contributed by atoms with E-state index in [2.05, 4.69) is 4.98 Å². The lowest BCUT2D eigenvalue weighted by Crippen LogP contribution is -2.41. The van der Waals surface area contributed by atoms with Crippen molar-refractivity contribution in [3.05, 3.63) is 28.0 Å². The van der Waals surface area contributed by atoms with Gasteiger partial charge in [0.15, 0.2) is 0 Å². The van der Waals surface area contributed by atoms with Gasteiger partial charge in [-0.15, -0.1) is 0 Å². The molecule has 3 rings (SSSR count). The van der Waals surface area contributed by atoms with Crippen molar-refractivity contribution in [3.8, 4) is 0 Å². The molecule has 18 heavy (non-hydrogen) atoms. The summed E-state index contributed by atoms with van der Waals surface area (Å²) < 4.78 is 5.27. The molecule has 0 aromatic carbocycles. The van der Waals surface area contributed by atoms with Crippen LogP contribution in [0.5, 0.6) is 0 Å². The topological polar surface area (TPSA) is 42.4 Å². The Balaban J connectivity index is 1.93. The summed E-state index contributed by atoms with van der Waals surface area (Å²) in [6.07, 6.45) is 2.93. The van der Waals surface area contributed by atoms with Gasteiger partial charge in [-0.05, 0) is 30.9 Å². The number of nitrogens with zero attached hydrogens (tertiary/aromatic N) is 2. The first-order valence-corrected chi connectivity index (χ1v) is 6.69. The third kappa shape index (κ3) is 2.10. The van der Waals surface area contributed by atoms with E-state index in [1.54, 1.807) is 6.07 Å². The van der Waals surface area contributed by atoms with Crippen molar-refractivity contribution >= 4 is 17.5 Å². The molecule has 1 aromatic rings. The second-order valence-corrected chi connectivity index (χ2v) is 5.06. The number of hydrogen-bond donors (Lipinski definition) is 0. The van der Waals surface area contributed by atoms with Crippen LogP contribution >= 0.6 is 11.6 Å². The Kier molecular flexibility index (Phi) is 3.22. The zero-order chi connectivity index (χ0) is 12.5. The molecule has 0 unspecified atom stereocenters. The molecular formula is C13H15ClN2O2. The number of rotatable bonds is 1. The SMILES string of the molecule is O=C(c1cc(Cl)nc2c1CCC2)N1CCOCC1. The zero-order valence-corrected chi connectivity index (χ0v) is 10.9. The Morgan fingerprint density at radius 3 is 2.89 bits per heavy atom. The highest BCUT2D eigenvalue weighted by Crippen LogP contribution is 2.27. The number of hydrogen-bond acceptors (Lipinski definition) is 3. The summed E-state index contributed by atoms with van der Waals surface area (Å²) >= 11 is 6.00. The maximum absolute atomic E-state index is 12.5. The van der Waals surface area contributed by atoms with E-state index in [0.717, 1.165) is 36.1 Å². The molecule has 1 amide bonds. The van der Waals surface area contributed by atoms with Crippen LogP contribution in [0.3, 0.4) is 0 Å². The third-order valence-electron chi connectivity index (χ3n) is 3.55. The van der Waals surface area contributed by atoms with Gasteiger partial charge in [0.25, 0.3) is 5.91 Å². The van der Waals surface area contributed by atoms with Gasteiger partial charge >= 0.3 is 0 Å². The number of halogens is 1. The summed E-state index contributed by atoms with van der Waals surface area (Å²) in [5.41, 5.74) is 2.83. The van der Waals surface area contributed by atoms with E-state index in [4.69, 9.17) is 16.3 Å². The zero-order valence-electron chi connectivity index (χ0n) is 10.1. The molecule has 2 aliphatic rings. The minimum Gasteiger partial charge on any atom is -0.378 e. The number of ether oxygens (including phenoxy) is 1. The molecule has 5 heteroatoms. The second kappa shape index (κ2) is 4.86. The first kappa shape index (κ1) is 11.9. The molecule has 0 radical (unpaired) electrons. The molecule has 1 aliphatic carbocycles. The molecule has 1 aliphatic heterocycles. The molecule has 0 spiro atoms. The lowest BCUT2D eigenvalue weighted by atomic mass is 10.1. The van der Waals surface area contributed by atoms with Gasteiger partial charge in [0.2, 0.25) is 0 Å². The predicted molar refractivity (Wildman–Crippen MR) is 68.0 cm³/mol. The van der Waals surface area contributed by atoms with Crippen LogP contribution in [0.25, 0.3) is 0 Å². The molecule has 1 fully saturated rings. The minimum atomic E-state index is 0.0701. The van der Waals surface area contributed by atoms with Crippen molar-refractivity contribution in [2.24, 2.45) is 0 Å². The summed E-state index contributed by atoms with van der Waals surface area (Å²) in [6, 6.07) is 1.71. The van der Waals surface area contributed by atoms with Crippen LogP contribution in [0.2, 0.25) is 5.15 Å². The van der Waals surface area contributed by atoms with Gasteiger partial charge in [0.05, 0.1) is 13.2 Å². The normalized spacial score (nSPS) is 18.8. The number of fused-ring (bicyclic) bond motifs is 1. The standard InChI is InChI=1S/C13H15ClN2O2/c14-12-8-10(9-2-1-3-11(9)15-12)13(17)16-4-6-18-7-5-16/h8H,1-7H2. The molecule has 4 nitrogen and oxygen atoms in total. The van der Waals surface area contributed by atoms with Crippen molar-refractivity contribution in [3.63, 3.8) is 0 Å². The van der Waals surface area contributed by atoms with Crippen LogP contribution in [0.15, 0.2) is 6.07 Å². The van der Waals surface area contributed by atoms with Gasteiger partial charge in [-0.25, -0.2) is 4.98 Å². The van der Waals surface area contributed by atoms with Crippen LogP contribution in [-0.2, 0) is 17.6 Å². The summed E-state index contributed by atoms with van der Waals surface area (Å²) in [4.78, 5) is 18.6. The largest absolute Gasteiger partial charge is 0.378 e. The third-order valence-corrected chi connectivity index (χ3v) is 3.74. The van der Waals surface area contributed by atoms with Crippen molar-refractivity contribution in [2.45, 2.75) is 19.3 Å². The quantitative estimate of drug-likeness (QED) is 0.727. The van der Waals surface area contributed by atoms with Crippen molar-refractivity contribution in [2.75, 3.05) is 26.3 Å². The molecule has 0 bridgehead atoms. The average Bonchev–Trinajstić information content (AvgIpc) is 2.86. The molecule has 0 saturated carbocycles. The Bertz CT molecular complexity index is 484. The minimum absolute atomic E-state index is 0.0701. The number of pyridine rings is 1. The lowest BCUT2D eigenvalue weighted by molar-refractivity contribution is 0.0302. The van der Waals surface area contributed by atoms with Crippen LogP contribution < -0.4 is 0 Å². The Hall–Kier alpha value is -1.13. The number of amides is 1. The predicted octanol–water partition coefficient (Wildman–Crippen LogP) is 1.70. The summed E-state index contributed by atoms with van der Waals surface area (Å²) in [5.74, 6) is 0.0701. The number of aryl methyl sites for hydroxylation is 1. The van der Waals surface area contributed by atoms with Gasteiger partial charge in [-0.3, -0.25) is 4.79 Å². The van der Waals surface area contributed by atoms with E-state index in [0.29, 0.717) is 31.5 Å². The number of morpholine rings is 1. The fraction of sp³-hybridized carbons (Fsp3) is 0.538. The van der Waals surface area contributed by atoms with Gasteiger partial charge in [-0.2, -0.15) is 0 Å². The summed E-state index contributed by atoms with van der Waals surface area (Å²) in [6.45, 7) is 2.56. The van der Waals surface area contributed by atoms with Crippen molar-refractivity contribution in [1.82, 2.24) is 9.88 Å². The maximum atomic E-state index is 12.5. The smallest absolute Gasteiger partial charge is 0.254 e. The fourth-order valence-corrected chi connectivity index (χ4v) is 2.85. The van der Waals surface area contributed by atoms with E-state index in [9.17, 15) is 4.79 Å². The van der Waals surface area contributed by atoms with E-state index < -0.39 is 0 Å². The molecule has 96 valence electrons. The van der Waals surface area contributed by atoms with E-state index in [1.165, 1.54) is 0 Å². The second-order valence-electron chi connectivity index (χ2n) is 4.68. The Labute approximate surface area is 111 Å². The Morgan fingerprint density at radius 2 is 2.11 bits per heavy atom. The molecule has 0 N–H and O–H groups in total. The summed E-state index contributed by atoms with van der Waals surface area (Å²) in [7, 11) is 0. The average molecular weight is 267 g/mol. The first-order chi connectivity index (χ1) is 8.75. The highest BCUT2D eigenvalue weighted by molar-refractivity contribution is 6.29. The monoisotopic (exact) mass is 266 g/mol. The van der Waals surface area contributed by atoms with E-state index in [1.807, 2.05) is 4.90 Å².